The number of benzene rings is 1. The molecule has 0 aliphatic carbocycles. The maximum absolute atomic E-state index is 13.2. The Morgan fingerprint density at radius 2 is 2.05 bits per heavy atom. The van der Waals surface area contributed by atoms with E-state index in [-0.39, 0.29) is 16.9 Å². The zero-order chi connectivity index (χ0) is 14.9. The van der Waals surface area contributed by atoms with Gasteiger partial charge in [-0.25, -0.2) is 9.18 Å². The SMILES string of the molecule is Cn1cc(Cl)cc1C(=O)Nc1cc(F)ccc1C(=O)O. The lowest BCUT2D eigenvalue weighted by atomic mass is 10.1. The van der Waals surface area contributed by atoms with Crippen LogP contribution in [0.4, 0.5) is 10.1 Å². The first-order valence-corrected chi connectivity index (χ1v) is 5.92. The molecule has 104 valence electrons. The van der Waals surface area contributed by atoms with Crippen molar-refractivity contribution in [3.05, 3.63) is 52.6 Å². The standard InChI is InChI=1S/C13H10ClFN2O3/c1-17-6-7(14)4-11(17)12(18)16-10-5-8(15)2-3-9(10)13(19)20/h2-6H,1H3,(H,16,18)(H,19,20). The minimum absolute atomic E-state index is 0.111. The van der Waals surface area contributed by atoms with Gasteiger partial charge < -0.3 is 15.0 Å². The van der Waals surface area contributed by atoms with Gasteiger partial charge in [0.05, 0.1) is 16.3 Å². The molecule has 7 heteroatoms. The number of nitrogens with zero attached hydrogens (tertiary/aromatic N) is 1. The van der Waals surface area contributed by atoms with Crippen molar-refractivity contribution in [1.82, 2.24) is 4.57 Å². The van der Waals surface area contributed by atoms with E-state index in [1.165, 1.54) is 16.8 Å². The number of amides is 1. The van der Waals surface area contributed by atoms with Gasteiger partial charge in [0.25, 0.3) is 5.91 Å². The van der Waals surface area contributed by atoms with Crippen LogP contribution in [0.3, 0.4) is 0 Å². The zero-order valence-corrected chi connectivity index (χ0v) is 11.1. The molecule has 0 unspecified atom stereocenters. The Morgan fingerprint density at radius 1 is 1.35 bits per heavy atom. The molecule has 2 rings (SSSR count). The number of nitrogens with one attached hydrogen (secondary N) is 1. The minimum atomic E-state index is -1.26. The molecule has 0 radical (unpaired) electrons. The van der Waals surface area contributed by atoms with Crippen molar-refractivity contribution in [3.63, 3.8) is 0 Å². The summed E-state index contributed by atoms with van der Waals surface area (Å²) in [6.45, 7) is 0. The van der Waals surface area contributed by atoms with Gasteiger partial charge in [-0.1, -0.05) is 11.6 Å². The summed E-state index contributed by atoms with van der Waals surface area (Å²) >= 11 is 5.76. The third-order valence-electron chi connectivity index (χ3n) is 2.66. The van der Waals surface area contributed by atoms with Crippen LogP contribution in [0, 0.1) is 5.82 Å². The number of halogens is 2. The van der Waals surface area contributed by atoms with Crippen molar-refractivity contribution in [2.24, 2.45) is 7.05 Å². The number of aromatic carboxylic acids is 1. The first-order valence-electron chi connectivity index (χ1n) is 5.54. The van der Waals surface area contributed by atoms with Gasteiger partial charge in [0, 0.05) is 13.2 Å². The van der Waals surface area contributed by atoms with Crippen molar-refractivity contribution < 1.29 is 19.1 Å². The normalized spacial score (nSPS) is 10.3. The summed E-state index contributed by atoms with van der Waals surface area (Å²) in [5.74, 6) is -2.48. The van der Waals surface area contributed by atoms with Gasteiger partial charge in [-0.2, -0.15) is 0 Å². The molecule has 2 aromatic rings. The lowest BCUT2D eigenvalue weighted by Gasteiger charge is -2.09. The van der Waals surface area contributed by atoms with Crippen LogP contribution in [0.1, 0.15) is 20.8 Å². The monoisotopic (exact) mass is 296 g/mol. The van der Waals surface area contributed by atoms with Gasteiger partial charge in [-0.3, -0.25) is 4.79 Å². The van der Waals surface area contributed by atoms with E-state index in [2.05, 4.69) is 5.32 Å². The number of carboxylic acid groups (broad SMARTS) is 1. The highest BCUT2D eigenvalue weighted by atomic mass is 35.5. The van der Waals surface area contributed by atoms with E-state index in [4.69, 9.17) is 16.7 Å². The minimum Gasteiger partial charge on any atom is -0.478 e. The number of aromatic nitrogens is 1. The van der Waals surface area contributed by atoms with E-state index in [0.717, 1.165) is 18.2 Å². The highest BCUT2D eigenvalue weighted by Gasteiger charge is 2.16. The fourth-order valence-electron chi connectivity index (χ4n) is 1.74. The summed E-state index contributed by atoms with van der Waals surface area (Å²) in [4.78, 5) is 23.1. The molecule has 1 aromatic heterocycles. The number of rotatable bonds is 3. The first-order chi connectivity index (χ1) is 9.38. The molecule has 1 aromatic carbocycles. The second-order valence-corrected chi connectivity index (χ2v) is 4.54. The topological polar surface area (TPSA) is 71.3 Å². The highest BCUT2D eigenvalue weighted by molar-refractivity contribution is 6.31. The fourth-order valence-corrected chi connectivity index (χ4v) is 1.99. The summed E-state index contributed by atoms with van der Waals surface area (Å²) in [5.41, 5.74) is -0.0736. The van der Waals surface area contributed by atoms with Crippen molar-refractivity contribution in [2.75, 3.05) is 5.32 Å². The smallest absolute Gasteiger partial charge is 0.337 e. The number of aryl methyl sites for hydroxylation is 1. The largest absolute Gasteiger partial charge is 0.478 e. The molecule has 0 fully saturated rings. The summed E-state index contributed by atoms with van der Waals surface area (Å²) in [7, 11) is 1.62. The third kappa shape index (κ3) is 2.80. The van der Waals surface area contributed by atoms with Crippen LogP contribution in [-0.4, -0.2) is 21.6 Å². The molecule has 0 spiro atoms. The lowest BCUT2D eigenvalue weighted by molar-refractivity contribution is 0.0698. The van der Waals surface area contributed by atoms with Crippen LogP contribution in [0.2, 0.25) is 5.02 Å². The van der Waals surface area contributed by atoms with E-state index in [0.29, 0.717) is 5.02 Å². The lowest BCUT2D eigenvalue weighted by Crippen LogP contribution is -2.17. The van der Waals surface area contributed by atoms with Crippen molar-refractivity contribution in [1.29, 1.82) is 0 Å². The van der Waals surface area contributed by atoms with Gasteiger partial charge in [0.2, 0.25) is 0 Å². The summed E-state index contributed by atoms with van der Waals surface area (Å²) < 4.78 is 14.7. The molecule has 5 nitrogen and oxygen atoms in total. The van der Waals surface area contributed by atoms with E-state index < -0.39 is 17.7 Å². The second-order valence-electron chi connectivity index (χ2n) is 4.10. The van der Waals surface area contributed by atoms with E-state index >= 15 is 0 Å². The first kappa shape index (κ1) is 14.1. The number of hydrogen-bond acceptors (Lipinski definition) is 2. The molecular weight excluding hydrogens is 287 g/mol. The van der Waals surface area contributed by atoms with Gasteiger partial charge in [0.1, 0.15) is 11.5 Å². The Labute approximate surface area is 118 Å². The number of anilines is 1. The molecule has 0 saturated carbocycles. The highest BCUT2D eigenvalue weighted by Crippen LogP contribution is 2.19. The van der Waals surface area contributed by atoms with Gasteiger partial charge in [-0.15, -0.1) is 0 Å². The predicted molar refractivity (Wildman–Crippen MR) is 71.7 cm³/mol. The summed E-state index contributed by atoms with van der Waals surface area (Å²) in [6, 6.07) is 4.48. The molecule has 1 amide bonds. The van der Waals surface area contributed by atoms with Crippen LogP contribution >= 0.6 is 11.6 Å². The molecule has 2 N–H and O–H groups in total. The Balaban J connectivity index is 2.34. The average Bonchev–Trinajstić information content (AvgIpc) is 2.68. The van der Waals surface area contributed by atoms with Crippen LogP contribution < -0.4 is 5.32 Å². The maximum Gasteiger partial charge on any atom is 0.337 e. The molecule has 0 aliphatic rings. The van der Waals surface area contributed by atoms with Crippen LogP contribution in [0.5, 0.6) is 0 Å². The van der Waals surface area contributed by atoms with Crippen molar-refractivity contribution in [2.45, 2.75) is 0 Å². The average molecular weight is 297 g/mol. The summed E-state index contributed by atoms with van der Waals surface area (Å²) in [6.07, 6.45) is 1.53. The van der Waals surface area contributed by atoms with Gasteiger partial charge in [-0.05, 0) is 24.3 Å². The van der Waals surface area contributed by atoms with Gasteiger partial charge in [0.15, 0.2) is 0 Å². The van der Waals surface area contributed by atoms with E-state index in [9.17, 15) is 14.0 Å². The number of hydrogen-bond donors (Lipinski definition) is 2. The Bertz CT molecular complexity index is 697. The quantitative estimate of drug-likeness (QED) is 0.915. The van der Waals surface area contributed by atoms with Crippen LogP contribution in [-0.2, 0) is 7.05 Å². The van der Waals surface area contributed by atoms with E-state index in [1.54, 1.807) is 7.05 Å². The molecule has 1 heterocycles. The molecule has 0 atom stereocenters. The third-order valence-corrected chi connectivity index (χ3v) is 2.87. The Morgan fingerprint density at radius 3 is 2.60 bits per heavy atom. The van der Waals surface area contributed by atoms with Crippen LogP contribution in [0.25, 0.3) is 0 Å². The van der Waals surface area contributed by atoms with Crippen LogP contribution in [0.15, 0.2) is 30.5 Å². The summed E-state index contributed by atoms with van der Waals surface area (Å²) in [5, 5.41) is 11.7. The number of carboxylic acids is 1. The Kier molecular flexibility index (Phi) is 3.76. The molecule has 20 heavy (non-hydrogen) atoms. The number of carbonyl (C=O) groups is 2. The van der Waals surface area contributed by atoms with Crippen molar-refractivity contribution >= 4 is 29.2 Å². The molecule has 0 saturated heterocycles. The van der Waals surface area contributed by atoms with Gasteiger partial charge >= 0.3 is 5.97 Å². The molecule has 0 bridgehead atoms. The van der Waals surface area contributed by atoms with E-state index in [1.807, 2.05) is 0 Å². The van der Waals surface area contributed by atoms with Crippen molar-refractivity contribution in [3.8, 4) is 0 Å². The fraction of sp³-hybridized carbons (Fsp3) is 0.0769. The predicted octanol–water partition coefficient (Wildman–Crippen LogP) is 2.77. The Hall–Kier alpha value is -2.34. The zero-order valence-electron chi connectivity index (χ0n) is 10.4. The maximum atomic E-state index is 13.2. The molecular formula is C13H10ClFN2O3. The molecule has 0 aliphatic heterocycles. The number of carbonyl (C=O) groups excluding carboxylic acids is 1. The second kappa shape index (κ2) is 5.34.